The molecule has 1 atom stereocenters. The number of hydrogen-bond acceptors (Lipinski definition) is 2. The summed E-state index contributed by atoms with van der Waals surface area (Å²) in [5, 5.41) is 3.34. The second-order valence-corrected chi connectivity index (χ2v) is 3.87. The Kier molecular flexibility index (Phi) is 7.03. The van der Waals surface area contributed by atoms with Gasteiger partial charge in [-0.15, -0.1) is 13.2 Å². The van der Waals surface area contributed by atoms with Crippen LogP contribution in [0.2, 0.25) is 0 Å². The minimum absolute atomic E-state index is 0.207. The van der Waals surface area contributed by atoms with E-state index in [0.29, 0.717) is 13.2 Å². The van der Waals surface area contributed by atoms with Crippen LogP contribution in [0, 0.1) is 0 Å². The lowest BCUT2D eigenvalue weighted by atomic mass is 10.2. The van der Waals surface area contributed by atoms with Gasteiger partial charge in [0, 0.05) is 6.04 Å². The van der Waals surface area contributed by atoms with Crippen LogP contribution < -0.4 is 5.32 Å². The molecular weight excluding hydrogens is 210 g/mol. The standard InChI is InChI=1S/C15H21NO/c1-3-5-11-16-15(4-2)13-17-12-14-9-7-6-8-10-14/h3-4,6-10,15-16H,1-2,5,11-13H2/t15-/m0/s1. The second-order valence-electron chi connectivity index (χ2n) is 3.87. The molecule has 0 aliphatic carbocycles. The maximum atomic E-state index is 5.64. The maximum absolute atomic E-state index is 5.64. The first-order chi connectivity index (χ1) is 8.36. The number of benzene rings is 1. The van der Waals surface area contributed by atoms with E-state index in [1.54, 1.807) is 0 Å². The predicted molar refractivity (Wildman–Crippen MR) is 72.9 cm³/mol. The Balaban J connectivity index is 2.19. The molecule has 1 rings (SSSR count). The van der Waals surface area contributed by atoms with Crippen molar-refractivity contribution in [1.29, 1.82) is 0 Å². The maximum Gasteiger partial charge on any atom is 0.0717 e. The molecule has 2 nitrogen and oxygen atoms in total. The first-order valence-corrected chi connectivity index (χ1v) is 5.95. The van der Waals surface area contributed by atoms with Crippen LogP contribution in [0.5, 0.6) is 0 Å². The highest BCUT2D eigenvalue weighted by Gasteiger charge is 2.02. The Morgan fingerprint density at radius 2 is 2.00 bits per heavy atom. The topological polar surface area (TPSA) is 21.3 Å². The van der Waals surface area contributed by atoms with Gasteiger partial charge < -0.3 is 10.1 Å². The summed E-state index contributed by atoms with van der Waals surface area (Å²) in [5.74, 6) is 0. The molecule has 0 unspecified atom stereocenters. The van der Waals surface area contributed by atoms with Gasteiger partial charge in [0.1, 0.15) is 0 Å². The third kappa shape index (κ3) is 6.05. The van der Waals surface area contributed by atoms with Crippen molar-refractivity contribution < 1.29 is 4.74 Å². The highest BCUT2D eigenvalue weighted by Crippen LogP contribution is 2.01. The highest BCUT2D eigenvalue weighted by atomic mass is 16.5. The molecule has 0 amide bonds. The summed E-state index contributed by atoms with van der Waals surface area (Å²) in [7, 11) is 0. The van der Waals surface area contributed by atoms with Crippen LogP contribution in [0.4, 0.5) is 0 Å². The smallest absolute Gasteiger partial charge is 0.0717 e. The van der Waals surface area contributed by atoms with Crippen molar-refractivity contribution in [3.8, 4) is 0 Å². The fraction of sp³-hybridized carbons (Fsp3) is 0.333. The Morgan fingerprint density at radius 1 is 1.24 bits per heavy atom. The molecule has 92 valence electrons. The predicted octanol–water partition coefficient (Wildman–Crippen LogP) is 2.92. The molecule has 0 heterocycles. The Hall–Kier alpha value is -1.38. The molecule has 0 bridgehead atoms. The molecule has 1 N–H and O–H groups in total. The van der Waals surface area contributed by atoms with Crippen LogP contribution in [0.25, 0.3) is 0 Å². The van der Waals surface area contributed by atoms with Gasteiger partial charge in [0.25, 0.3) is 0 Å². The Bertz CT molecular complexity index is 321. The third-order valence-corrected chi connectivity index (χ3v) is 2.45. The van der Waals surface area contributed by atoms with E-state index in [4.69, 9.17) is 4.74 Å². The number of ether oxygens (including phenoxy) is 1. The fourth-order valence-electron chi connectivity index (χ4n) is 1.46. The van der Waals surface area contributed by atoms with Gasteiger partial charge in [0.2, 0.25) is 0 Å². The zero-order chi connectivity index (χ0) is 12.3. The summed E-state index contributed by atoms with van der Waals surface area (Å²) in [6, 6.07) is 10.4. The number of nitrogens with one attached hydrogen (secondary N) is 1. The summed E-state index contributed by atoms with van der Waals surface area (Å²) in [6.07, 6.45) is 4.75. The molecule has 2 heteroatoms. The first-order valence-electron chi connectivity index (χ1n) is 5.95. The molecule has 0 radical (unpaired) electrons. The van der Waals surface area contributed by atoms with Crippen molar-refractivity contribution in [2.24, 2.45) is 0 Å². The zero-order valence-corrected chi connectivity index (χ0v) is 10.3. The van der Waals surface area contributed by atoms with E-state index in [-0.39, 0.29) is 6.04 Å². The van der Waals surface area contributed by atoms with Crippen LogP contribution in [0.15, 0.2) is 55.6 Å². The Labute approximate surface area is 104 Å². The van der Waals surface area contributed by atoms with E-state index < -0.39 is 0 Å². The van der Waals surface area contributed by atoms with Crippen LogP contribution in [0.3, 0.4) is 0 Å². The van der Waals surface area contributed by atoms with Crippen molar-refractivity contribution in [2.75, 3.05) is 13.2 Å². The van der Waals surface area contributed by atoms with Crippen LogP contribution in [0.1, 0.15) is 12.0 Å². The first kappa shape index (κ1) is 13.7. The molecule has 0 saturated heterocycles. The SMILES string of the molecule is C=CCCN[C@@H](C=C)COCc1ccccc1. The van der Waals surface area contributed by atoms with Crippen molar-refractivity contribution in [3.63, 3.8) is 0 Å². The average molecular weight is 231 g/mol. The molecule has 0 spiro atoms. The monoisotopic (exact) mass is 231 g/mol. The second kappa shape index (κ2) is 8.74. The van der Waals surface area contributed by atoms with E-state index in [0.717, 1.165) is 13.0 Å². The van der Waals surface area contributed by atoms with E-state index in [9.17, 15) is 0 Å². The van der Waals surface area contributed by atoms with Crippen molar-refractivity contribution >= 4 is 0 Å². The van der Waals surface area contributed by atoms with Crippen LogP contribution >= 0.6 is 0 Å². The Morgan fingerprint density at radius 3 is 2.65 bits per heavy atom. The minimum Gasteiger partial charge on any atom is -0.375 e. The number of rotatable bonds is 9. The zero-order valence-electron chi connectivity index (χ0n) is 10.3. The fourth-order valence-corrected chi connectivity index (χ4v) is 1.46. The van der Waals surface area contributed by atoms with E-state index in [1.807, 2.05) is 30.4 Å². The van der Waals surface area contributed by atoms with E-state index >= 15 is 0 Å². The summed E-state index contributed by atoms with van der Waals surface area (Å²) in [5.41, 5.74) is 1.20. The summed E-state index contributed by atoms with van der Waals surface area (Å²) >= 11 is 0. The van der Waals surface area contributed by atoms with Gasteiger partial charge in [0.15, 0.2) is 0 Å². The lowest BCUT2D eigenvalue weighted by molar-refractivity contribution is 0.109. The quantitative estimate of drug-likeness (QED) is 0.521. The average Bonchev–Trinajstić information content (AvgIpc) is 2.38. The lowest BCUT2D eigenvalue weighted by Crippen LogP contribution is -2.32. The van der Waals surface area contributed by atoms with Gasteiger partial charge in [-0.25, -0.2) is 0 Å². The van der Waals surface area contributed by atoms with Gasteiger partial charge >= 0.3 is 0 Å². The van der Waals surface area contributed by atoms with E-state index in [1.165, 1.54) is 5.56 Å². The lowest BCUT2D eigenvalue weighted by Gasteiger charge is -2.14. The van der Waals surface area contributed by atoms with Gasteiger partial charge in [0.05, 0.1) is 13.2 Å². The molecule has 0 aliphatic heterocycles. The molecule has 17 heavy (non-hydrogen) atoms. The van der Waals surface area contributed by atoms with Crippen molar-refractivity contribution in [1.82, 2.24) is 5.32 Å². The third-order valence-electron chi connectivity index (χ3n) is 2.45. The molecule has 0 aliphatic rings. The summed E-state index contributed by atoms with van der Waals surface area (Å²) in [6.45, 7) is 9.69. The van der Waals surface area contributed by atoms with Gasteiger partial charge in [-0.05, 0) is 18.5 Å². The molecule has 0 fully saturated rings. The van der Waals surface area contributed by atoms with Crippen LogP contribution in [-0.4, -0.2) is 19.2 Å². The van der Waals surface area contributed by atoms with E-state index in [2.05, 4.69) is 30.6 Å². The molecular formula is C15H21NO. The van der Waals surface area contributed by atoms with Crippen molar-refractivity contribution in [2.45, 2.75) is 19.1 Å². The molecule has 0 saturated carbocycles. The summed E-state index contributed by atoms with van der Waals surface area (Å²) < 4.78 is 5.64. The van der Waals surface area contributed by atoms with Gasteiger partial charge in [-0.3, -0.25) is 0 Å². The molecule has 0 aromatic heterocycles. The van der Waals surface area contributed by atoms with Crippen molar-refractivity contribution in [3.05, 3.63) is 61.2 Å². The normalized spacial score (nSPS) is 12.0. The number of hydrogen-bond donors (Lipinski definition) is 1. The largest absolute Gasteiger partial charge is 0.375 e. The molecule has 1 aromatic carbocycles. The molecule has 1 aromatic rings. The minimum atomic E-state index is 0.207. The van der Waals surface area contributed by atoms with Gasteiger partial charge in [-0.1, -0.05) is 42.5 Å². The van der Waals surface area contributed by atoms with Crippen LogP contribution in [-0.2, 0) is 11.3 Å². The summed E-state index contributed by atoms with van der Waals surface area (Å²) in [4.78, 5) is 0. The highest BCUT2D eigenvalue weighted by molar-refractivity contribution is 5.13. The van der Waals surface area contributed by atoms with Gasteiger partial charge in [-0.2, -0.15) is 0 Å².